The molecule has 1 aliphatic rings. The standard InChI is InChI=1S/C14H16BrN5/c15-10-5-7-12(8-6-10)18-14-19-13(9-16-20-14)17-11-3-1-2-4-11/h5-9,11H,1-4H2,(H2,17,18,19,20). The minimum Gasteiger partial charge on any atom is -0.366 e. The van der Waals surface area contributed by atoms with Crippen LogP contribution >= 0.6 is 15.9 Å². The van der Waals surface area contributed by atoms with Gasteiger partial charge in [0, 0.05) is 16.2 Å². The Balaban J connectivity index is 1.68. The Labute approximate surface area is 126 Å². The van der Waals surface area contributed by atoms with Crippen molar-refractivity contribution < 1.29 is 0 Å². The smallest absolute Gasteiger partial charge is 0.249 e. The third-order valence-corrected chi connectivity index (χ3v) is 3.90. The molecule has 0 radical (unpaired) electrons. The molecule has 1 heterocycles. The number of nitrogens with zero attached hydrogens (tertiary/aromatic N) is 3. The van der Waals surface area contributed by atoms with Gasteiger partial charge in [-0.1, -0.05) is 28.8 Å². The molecule has 0 saturated heterocycles. The van der Waals surface area contributed by atoms with Crippen molar-refractivity contribution in [2.75, 3.05) is 10.6 Å². The van der Waals surface area contributed by atoms with Gasteiger partial charge in [0.05, 0.1) is 6.20 Å². The Bertz CT molecular complexity index is 566. The number of anilines is 3. The van der Waals surface area contributed by atoms with Crippen LogP contribution in [-0.2, 0) is 0 Å². The summed E-state index contributed by atoms with van der Waals surface area (Å²) in [6.07, 6.45) is 6.67. The minimum atomic E-state index is 0.510. The second kappa shape index (κ2) is 6.17. The molecule has 0 spiro atoms. The van der Waals surface area contributed by atoms with Crippen molar-refractivity contribution in [2.24, 2.45) is 0 Å². The zero-order valence-electron chi connectivity index (χ0n) is 11.0. The highest BCUT2D eigenvalue weighted by Gasteiger charge is 2.15. The number of hydrogen-bond donors (Lipinski definition) is 2. The number of aromatic nitrogens is 3. The molecule has 6 heteroatoms. The summed E-state index contributed by atoms with van der Waals surface area (Å²) >= 11 is 3.41. The topological polar surface area (TPSA) is 62.7 Å². The predicted molar refractivity (Wildman–Crippen MR) is 83.1 cm³/mol. The average molecular weight is 334 g/mol. The summed E-state index contributed by atoms with van der Waals surface area (Å²) in [5.41, 5.74) is 0.938. The van der Waals surface area contributed by atoms with Crippen LogP contribution in [-0.4, -0.2) is 21.2 Å². The van der Waals surface area contributed by atoms with E-state index >= 15 is 0 Å². The van der Waals surface area contributed by atoms with E-state index in [4.69, 9.17) is 0 Å². The molecular formula is C14H16BrN5. The van der Waals surface area contributed by atoms with Crippen LogP contribution in [0.5, 0.6) is 0 Å². The molecule has 1 saturated carbocycles. The Morgan fingerprint density at radius 2 is 1.85 bits per heavy atom. The first-order chi connectivity index (χ1) is 9.79. The maximum absolute atomic E-state index is 4.45. The monoisotopic (exact) mass is 333 g/mol. The summed E-state index contributed by atoms with van der Waals surface area (Å²) in [7, 11) is 0. The fourth-order valence-corrected chi connectivity index (χ4v) is 2.63. The third kappa shape index (κ3) is 3.45. The maximum atomic E-state index is 4.45. The van der Waals surface area contributed by atoms with Crippen LogP contribution in [0.2, 0.25) is 0 Å². The molecule has 1 fully saturated rings. The average Bonchev–Trinajstić information content (AvgIpc) is 2.95. The normalized spacial score (nSPS) is 15.2. The van der Waals surface area contributed by atoms with Crippen molar-refractivity contribution in [2.45, 2.75) is 31.7 Å². The Hall–Kier alpha value is -1.69. The molecule has 1 aromatic carbocycles. The first-order valence-corrected chi connectivity index (χ1v) is 7.58. The lowest BCUT2D eigenvalue weighted by molar-refractivity contribution is 0.747. The molecule has 1 aromatic heterocycles. The summed E-state index contributed by atoms with van der Waals surface area (Å²) in [6.45, 7) is 0. The van der Waals surface area contributed by atoms with Gasteiger partial charge in [0.2, 0.25) is 5.95 Å². The van der Waals surface area contributed by atoms with Gasteiger partial charge < -0.3 is 10.6 Å². The minimum absolute atomic E-state index is 0.510. The van der Waals surface area contributed by atoms with Gasteiger partial charge in [0.15, 0.2) is 5.82 Å². The lowest BCUT2D eigenvalue weighted by Crippen LogP contribution is -2.16. The third-order valence-electron chi connectivity index (χ3n) is 3.37. The van der Waals surface area contributed by atoms with E-state index in [0.717, 1.165) is 16.0 Å². The van der Waals surface area contributed by atoms with Gasteiger partial charge in [-0.25, -0.2) is 0 Å². The van der Waals surface area contributed by atoms with E-state index in [1.54, 1.807) is 6.20 Å². The molecule has 104 valence electrons. The van der Waals surface area contributed by atoms with Crippen molar-refractivity contribution in [3.63, 3.8) is 0 Å². The van der Waals surface area contributed by atoms with Gasteiger partial charge in [0.25, 0.3) is 0 Å². The van der Waals surface area contributed by atoms with Crippen molar-refractivity contribution in [1.82, 2.24) is 15.2 Å². The van der Waals surface area contributed by atoms with Crippen molar-refractivity contribution in [3.8, 4) is 0 Å². The second-order valence-corrected chi connectivity index (χ2v) is 5.84. The summed E-state index contributed by atoms with van der Waals surface area (Å²) in [5, 5.41) is 14.6. The summed E-state index contributed by atoms with van der Waals surface area (Å²) in [6, 6.07) is 8.38. The van der Waals surface area contributed by atoms with Gasteiger partial charge in [-0.05, 0) is 37.1 Å². The van der Waals surface area contributed by atoms with Gasteiger partial charge in [-0.2, -0.15) is 10.1 Å². The summed E-state index contributed by atoms with van der Waals surface area (Å²) in [4.78, 5) is 4.45. The molecular weight excluding hydrogens is 318 g/mol. The Morgan fingerprint density at radius 1 is 1.10 bits per heavy atom. The summed E-state index contributed by atoms with van der Waals surface area (Å²) in [5.74, 6) is 1.29. The lowest BCUT2D eigenvalue weighted by atomic mass is 10.2. The molecule has 0 amide bonds. The predicted octanol–water partition coefficient (Wildman–Crippen LogP) is 3.73. The van der Waals surface area contributed by atoms with Crippen LogP contribution in [0.4, 0.5) is 17.5 Å². The van der Waals surface area contributed by atoms with E-state index in [-0.39, 0.29) is 0 Å². The molecule has 20 heavy (non-hydrogen) atoms. The van der Waals surface area contributed by atoms with Crippen LogP contribution in [0.3, 0.4) is 0 Å². The maximum Gasteiger partial charge on any atom is 0.249 e. The van der Waals surface area contributed by atoms with E-state index < -0.39 is 0 Å². The second-order valence-electron chi connectivity index (χ2n) is 4.92. The van der Waals surface area contributed by atoms with Crippen LogP contribution < -0.4 is 10.6 Å². The molecule has 2 N–H and O–H groups in total. The quantitative estimate of drug-likeness (QED) is 0.892. The molecule has 3 rings (SSSR count). The van der Waals surface area contributed by atoms with Gasteiger partial charge in [0.1, 0.15) is 0 Å². The first kappa shape index (κ1) is 13.3. The van der Waals surface area contributed by atoms with Crippen molar-refractivity contribution in [3.05, 3.63) is 34.9 Å². The van der Waals surface area contributed by atoms with E-state index in [0.29, 0.717) is 12.0 Å². The fraction of sp³-hybridized carbons (Fsp3) is 0.357. The molecule has 1 aliphatic carbocycles. The zero-order chi connectivity index (χ0) is 13.8. The van der Waals surface area contributed by atoms with Crippen LogP contribution in [0.15, 0.2) is 34.9 Å². The molecule has 0 unspecified atom stereocenters. The highest BCUT2D eigenvalue weighted by Crippen LogP contribution is 2.22. The fourth-order valence-electron chi connectivity index (χ4n) is 2.37. The first-order valence-electron chi connectivity index (χ1n) is 6.78. The molecule has 0 aliphatic heterocycles. The number of benzene rings is 1. The van der Waals surface area contributed by atoms with Gasteiger partial charge in [-0.3, -0.25) is 0 Å². The zero-order valence-corrected chi connectivity index (χ0v) is 12.6. The highest BCUT2D eigenvalue weighted by molar-refractivity contribution is 9.10. The largest absolute Gasteiger partial charge is 0.366 e. The van der Waals surface area contributed by atoms with E-state index in [1.807, 2.05) is 24.3 Å². The number of halogens is 1. The van der Waals surface area contributed by atoms with Gasteiger partial charge >= 0.3 is 0 Å². The van der Waals surface area contributed by atoms with Crippen LogP contribution in [0.1, 0.15) is 25.7 Å². The molecule has 2 aromatic rings. The SMILES string of the molecule is Brc1ccc(Nc2nncc(NC3CCCC3)n2)cc1. The van der Waals surface area contributed by atoms with Crippen LogP contribution in [0, 0.1) is 0 Å². The number of hydrogen-bond acceptors (Lipinski definition) is 5. The molecule has 5 nitrogen and oxygen atoms in total. The molecule has 0 bridgehead atoms. The Morgan fingerprint density at radius 3 is 2.60 bits per heavy atom. The lowest BCUT2D eigenvalue weighted by Gasteiger charge is -2.12. The molecule has 0 atom stereocenters. The van der Waals surface area contributed by atoms with Crippen LogP contribution in [0.25, 0.3) is 0 Å². The van der Waals surface area contributed by atoms with Gasteiger partial charge in [-0.15, -0.1) is 5.10 Å². The van der Waals surface area contributed by atoms with Crippen molar-refractivity contribution >= 4 is 33.4 Å². The Kier molecular flexibility index (Phi) is 4.11. The summed E-state index contributed by atoms with van der Waals surface area (Å²) < 4.78 is 1.04. The van der Waals surface area contributed by atoms with E-state index in [9.17, 15) is 0 Å². The number of rotatable bonds is 4. The van der Waals surface area contributed by atoms with Crippen molar-refractivity contribution in [1.29, 1.82) is 0 Å². The highest BCUT2D eigenvalue weighted by atomic mass is 79.9. The number of nitrogens with one attached hydrogen (secondary N) is 2. The van der Waals surface area contributed by atoms with E-state index in [2.05, 4.69) is 41.7 Å². The van der Waals surface area contributed by atoms with E-state index in [1.165, 1.54) is 25.7 Å².